The van der Waals surface area contributed by atoms with Crippen LogP contribution in [0.15, 0.2) is 18.2 Å². The quantitative estimate of drug-likeness (QED) is 0.756. The average Bonchev–Trinajstić information content (AvgIpc) is 2.40. The van der Waals surface area contributed by atoms with Gasteiger partial charge >= 0.3 is 0 Å². The van der Waals surface area contributed by atoms with Crippen molar-refractivity contribution in [1.29, 1.82) is 0 Å². The molecular weight excluding hydrogens is 282 g/mol. The minimum atomic E-state index is -0.841. The standard InChI is InChI=1S/C17H29NO2S/c1-6-18-14(5)15-8-9-17(20-7-2)16(10-15)12-21(19)11-13(3)4/h8-10,13-14,18H,6-7,11-12H2,1-5H3. The molecule has 0 spiro atoms. The predicted octanol–water partition coefficient (Wildman–Crippen LogP) is 3.66. The van der Waals surface area contributed by atoms with Gasteiger partial charge < -0.3 is 10.1 Å². The minimum Gasteiger partial charge on any atom is -0.494 e. The van der Waals surface area contributed by atoms with Crippen molar-refractivity contribution in [2.75, 3.05) is 18.9 Å². The van der Waals surface area contributed by atoms with Crippen LogP contribution < -0.4 is 10.1 Å². The van der Waals surface area contributed by atoms with E-state index in [2.05, 4.69) is 45.1 Å². The monoisotopic (exact) mass is 311 g/mol. The molecule has 1 aromatic carbocycles. The molecular formula is C17H29NO2S. The molecule has 0 fully saturated rings. The van der Waals surface area contributed by atoms with E-state index in [9.17, 15) is 4.21 Å². The lowest BCUT2D eigenvalue weighted by Crippen LogP contribution is -2.18. The van der Waals surface area contributed by atoms with Crippen LogP contribution in [0.2, 0.25) is 0 Å². The number of hydrogen-bond donors (Lipinski definition) is 1. The summed E-state index contributed by atoms with van der Waals surface area (Å²) in [6.45, 7) is 12.0. The first-order valence-electron chi connectivity index (χ1n) is 7.81. The number of benzene rings is 1. The Morgan fingerprint density at radius 3 is 2.52 bits per heavy atom. The molecule has 0 aliphatic heterocycles. The number of nitrogens with one attached hydrogen (secondary N) is 1. The van der Waals surface area contributed by atoms with E-state index in [1.54, 1.807) is 0 Å². The Morgan fingerprint density at radius 1 is 1.24 bits per heavy atom. The van der Waals surface area contributed by atoms with Crippen LogP contribution in [0.25, 0.3) is 0 Å². The lowest BCUT2D eigenvalue weighted by atomic mass is 10.0. The second kappa shape index (κ2) is 9.21. The summed E-state index contributed by atoms with van der Waals surface area (Å²) in [6.07, 6.45) is 0. The fourth-order valence-electron chi connectivity index (χ4n) is 2.31. The molecule has 0 aliphatic carbocycles. The Kier molecular flexibility index (Phi) is 7.97. The second-order valence-electron chi connectivity index (χ2n) is 5.72. The molecule has 1 aromatic rings. The van der Waals surface area contributed by atoms with Gasteiger partial charge in [-0.3, -0.25) is 4.21 Å². The van der Waals surface area contributed by atoms with E-state index in [4.69, 9.17) is 4.74 Å². The maximum absolute atomic E-state index is 12.2. The van der Waals surface area contributed by atoms with Crippen LogP contribution in [0, 0.1) is 5.92 Å². The third kappa shape index (κ3) is 6.18. The van der Waals surface area contributed by atoms with Crippen LogP contribution in [0.4, 0.5) is 0 Å². The molecule has 0 bridgehead atoms. The van der Waals surface area contributed by atoms with Crippen LogP contribution in [0.1, 0.15) is 51.8 Å². The van der Waals surface area contributed by atoms with Gasteiger partial charge in [0.2, 0.25) is 0 Å². The first kappa shape index (κ1) is 18.2. The van der Waals surface area contributed by atoms with Gasteiger partial charge in [0.05, 0.1) is 12.4 Å². The Balaban J connectivity index is 2.95. The highest BCUT2D eigenvalue weighted by Crippen LogP contribution is 2.25. The first-order chi connectivity index (χ1) is 9.97. The van der Waals surface area contributed by atoms with Gasteiger partial charge in [0.25, 0.3) is 0 Å². The molecule has 0 saturated heterocycles. The molecule has 0 amide bonds. The Bertz CT molecular complexity index is 460. The first-order valence-corrected chi connectivity index (χ1v) is 9.30. The molecule has 4 heteroatoms. The summed E-state index contributed by atoms with van der Waals surface area (Å²) in [5.41, 5.74) is 2.27. The maximum atomic E-state index is 12.2. The van der Waals surface area contributed by atoms with E-state index in [0.29, 0.717) is 24.3 Å². The van der Waals surface area contributed by atoms with E-state index >= 15 is 0 Å². The van der Waals surface area contributed by atoms with Gasteiger partial charge in [-0.15, -0.1) is 0 Å². The zero-order chi connectivity index (χ0) is 15.8. The summed E-state index contributed by atoms with van der Waals surface area (Å²) in [5.74, 6) is 2.62. The third-order valence-corrected chi connectivity index (χ3v) is 4.90. The van der Waals surface area contributed by atoms with Gasteiger partial charge in [-0.2, -0.15) is 0 Å². The molecule has 3 nitrogen and oxygen atoms in total. The summed E-state index contributed by atoms with van der Waals surface area (Å²) in [5, 5.41) is 3.41. The van der Waals surface area contributed by atoms with Crippen molar-refractivity contribution in [1.82, 2.24) is 5.32 Å². The highest BCUT2D eigenvalue weighted by molar-refractivity contribution is 7.84. The van der Waals surface area contributed by atoms with Crippen molar-refractivity contribution >= 4 is 10.8 Å². The Hall–Kier alpha value is -0.870. The fraction of sp³-hybridized carbons (Fsp3) is 0.647. The number of ether oxygens (including phenoxy) is 1. The summed E-state index contributed by atoms with van der Waals surface area (Å²) >= 11 is 0. The van der Waals surface area contributed by atoms with Crippen LogP contribution in [0.3, 0.4) is 0 Å². The van der Waals surface area contributed by atoms with Gasteiger partial charge in [-0.05, 0) is 44.0 Å². The highest BCUT2D eigenvalue weighted by atomic mass is 32.2. The van der Waals surface area contributed by atoms with Crippen LogP contribution in [-0.4, -0.2) is 23.1 Å². The summed E-state index contributed by atoms with van der Waals surface area (Å²) < 4.78 is 17.9. The van der Waals surface area contributed by atoms with E-state index < -0.39 is 10.8 Å². The smallest absolute Gasteiger partial charge is 0.123 e. The van der Waals surface area contributed by atoms with Crippen LogP contribution >= 0.6 is 0 Å². The van der Waals surface area contributed by atoms with E-state index in [1.807, 2.05) is 13.0 Å². The SMILES string of the molecule is CCNC(C)c1ccc(OCC)c(CS(=O)CC(C)C)c1. The van der Waals surface area contributed by atoms with Crippen LogP contribution in [0.5, 0.6) is 5.75 Å². The van der Waals surface area contributed by atoms with Crippen molar-refractivity contribution in [2.45, 2.75) is 46.4 Å². The Morgan fingerprint density at radius 2 is 1.95 bits per heavy atom. The van der Waals surface area contributed by atoms with Crippen molar-refractivity contribution in [3.05, 3.63) is 29.3 Å². The molecule has 0 aliphatic rings. The Labute approximate surface area is 131 Å². The molecule has 1 rings (SSSR count). The predicted molar refractivity (Wildman–Crippen MR) is 91.3 cm³/mol. The lowest BCUT2D eigenvalue weighted by molar-refractivity contribution is 0.337. The molecule has 0 radical (unpaired) electrons. The number of hydrogen-bond acceptors (Lipinski definition) is 3. The maximum Gasteiger partial charge on any atom is 0.123 e. The molecule has 21 heavy (non-hydrogen) atoms. The molecule has 0 aromatic heterocycles. The van der Waals surface area contributed by atoms with Crippen molar-refractivity contribution < 1.29 is 8.95 Å². The summed E-state index contributed by atoms with van der Waals surface area (Å²) in [7, 11) is -0.841. The average molecular weight is 311 g/mol. The molecule has 1 N–H and O–H groups in total. The van der Waals surface area contributed by atoms with Gasteiger partial charge in [-0.25, -0.2) is 0 Å². The topological polar surface area (TPSA) is 38.3 Å². The molecule has 2 unspecified atom stereocenters. The van der Waals surface area contributed by atoms with Crippen molar-refractivity contribution in [2.24, 2.45) is 5.92 Å². The third-order valence-electron chi connectivity index (χ3n) is 3.23. The second-order valence-corrected chi connectivity index (χ2v) is 7.23. The fourth-order valence-corrected chi connectivity index (χ4v) is 3.74. The molecule has 120 valence electrons. The molecule has 0 saturated carbocycles. The zero-order valence-corrected chi connectivity index (χ0v) is 14.8. The molecule has 2 atom stereocenters. The van der Waals surface area contributed by atoms with E-state index in [1.165, 1.54) is 5.56 Å². The normalized spacial score (nSPS) is 14.2. The zero-order valence-electron chi connectivity index (χ0n) is 13.9. The van der Waals surface area contributed by atoms with Crippen molar-refractivity contribution in [3.8, 4) is 5.75 Å². The van der Waals surface area contributed by atoms with E-state index in [-0.39, 0.29) is 0 Å². The van der Waals surface area contributed by atoms with Gasteiger partial charge in [0.1, 0.15) is 5.75 Å². The van der Waals surface area contributed by atoms with Gasteiger partial charge in [-0.1, -0.05) is 26.8 Å². The lowest BCUT2D eigenvalue weighted by Gasteiger charge is -2.17. The summed E-state index contributed by atoms with van der Waals surface area (Å²) in [4.78, 5) is 0. The van der Waals surface area contributed by atoms with Gasteiger partial charge in [0, 0.05) is 28.2 Å². The molecule has 0 heterocycles. The summed E-state index contributed by atoms with van der Waals surface area (Å²) in [6, 6.07) is 6.53. The minimum absolute atomic E-state index is 0.294. The van der Waals surface area contributed by atoms with Crippen LogP contribution in [-0.2, 0) is 16.6 Å². The highest BCUT2D eigenvalue weighted by Gasteiger charge is 2.13. The van der Waals surface area contributed by atoms with Crippen molar-refractivity contribution in [3.63, 3.8) is 0 Å². The van der Waals surface area contributed by atoms with E-state index in [0.717, 1.165) is 23.6 Å². The van der Waals surface area contributed by atoms with Gasteiger partial charge in [0.15, 0.2) is 0 Å². The largest absolute Gasteiger partial charge is 0.494 e. The number of rotatable bonds is 9.